The lowest BCUT2D eigenvalue weighted by atomic mass is 10.0. The molecular formula is C10H11Cl2NO. The summed E-state index contributed by atoms with van der Waals surface area (Å²) in [7, 11) is 0. The van der Waals surface area contributed by atoms with Gasteiger partial charge >= 0.3 is 0 Å². The Morgan fingerprint density at radius 1 is 1.50 bits per heavy atom. The second-order valence-corrected chi connectivity index (χ2v) is 4.09. The van der Waals surface area contributed by atoms with Crippen LogP contribution in [0.4, 0.5) is 0 Å². The van der Waals surface area contributed by atoms with Crippen LogP contribution in [0.2, 0.25) is 10.0 Å². The number of nitrogens with two attached hydrogens (primary N) is 1. The number of hydrogen-bond donors (Lipinski definition) is 1. The quantitative estimate of drug-likeness (QED) is 0.855. The monoisotopic (exact) mass is 231 g/mol. The van der Waals surface area contributed by atoms with Crippen molar-refractivity contribution in [2.24, 2.45) is 11.7 Å². The molecule has 1 rings (SSSR count). The molecule has 0 heterocycles. The number of halogens is 2. The summed E-state index contributed by atoms with van der Waals surface area (Å²) >= 11 is 11.7. The molecule has 1 atom stereocenters. The van der Waals surface area contributed by atoms with Gasteiger partial charge in [-0.25, -0.2) is 0 Å². The fraction of sp³-hybridized carbons (Fsp3) is 0.300. The topological polar surface area (TPSA) is 43.1 Å². The van der Waals surface area contributed by atoms with Gasteiger partial charge in [-0.05, 0) is 24.1 Å². The van der Waals surface area contributed by atoms with Crippen molar-refractivity contribution in [1.29, 1.82) is 0 Å². The van der Waals surface area contributed by atoms with Crippen molar-refractivity contribution in [2.45, 2.75) is 13.3 Å². The molecule has 2 N–H and O–H groups in total. The first kappa shape index (κ1) is 11.3. The van der Waals surface area contributed by atoms with Crippen molar-refractivity contribution < 1.29 is 4.79 Å². The molecule has 14 heavy (non-hydrogen) atoms. The van der Waals surface area contributed by atoms with Crippen molar-refractivity contribution in [3.8, 4) is 0 Å². The van der Waals surface area contributed by atoms with Gasteiger partial charge in [0, 0.05) is 16.0 Å². The minimum atomic E-state index is -0.323. The van der Waals surface area contributed by atoms with Crippen LogP contribution in [0.25, 0.3) is 0 Å². The summed E-state index contributed by atoms with van der Waals surface area (Å²) < 4.78 is 0. The van der Waals surface area contributed by atoms with Gasteiger partial charge in [0.1, 0.15) is 0 Å². The molecule has 1 aromatic carbocycles. The lowest BCUT2D eigenvalue weighted by molar-refractivity contribution is -0.121. The zero-order chi connectivity index (χ0) is 10.7. The van der Waals surface area contributed by atoms with Crippen molar-refractivity contribution in [2.75, 3.05) is 0 Å². The molecule has 1 aromatic rings. The molecule has 1 amide bonds. The molecule has 0 aliphatic heterocycles. The van der Waals surface area contributed by atoms with Crippen LogP contribution in [-0.4, -0.2) is 5.91 Å². The SMILES string of the molecule is CC(Cc1ccc(Cl)cc1Cl)C(N)=O. The van der Waals surface area contributed by atoms with Gasteiger partial charge in [0.25, 0.3) is 0 Å². The van der Waals surface area contributed by atoms with Crippen LogP contribution >= 0.6 is 23.2 Å². The van der Waals surface area contributed by atoms with E-state index in [-0.39, 0.29) is 11.8 Å². The summed E-state index contributed by atoms with van der Waals surface area (Å²) in [6.45, 7) is 1.77. The molecule has 0 aliphatic carbocycles. The lowest BCUT2D eigenvalue weighted by Gasteiger charge is -2.08. The highest BCUT2D eigenvalue weighted by atomic mass is 35.5. The third-order valence-corrected chi connectivity index (χ3v) is 2.61. The maximum absolute atomic E-state index is 10.8. The summed E-state index contributed by atoms with van der Waals surface area (Å²) in [5, 5.41) is 1.16. The van der Waals surface area contributed by atoms with Crippen LogP contribution in [0.15, 0.2) is 18.2 Å². The lowest BCUT2D eigenvalue weighted by Crippen LogP contribution is -2.22. The average Bonchev–Trinajstić information content (AvgIpc) is 2.09. The van der Waals surface area contributed by atoms with E-state index in [9.17, 15) is 4.79 Å². The number of amides is 1. The number of carbonyl (C=O) groups excluding carboxylic acids is 1. The van der Waals surface area contributed by atoms with Gasteiger partial charge < -0.3 is 5.73 Å². The molecule has 0 saturated carbocycles. The summed E-state index contributed by atoms with van der Waals surface area (Å²) in [6.07, 6.45) is 0.547. The highest BCUT2D eigenvalue weighted by molar-refractivity contribution is 6.35. The van der Waals surface area contributed by atoms with Crippen LogP contribution in [0.3, 0.4) is 0 Å². The fourth-order valence-corrected chi connectivity index (χ4v) is 1.60. The number of primary amides is 1. The van der Waals surface area contributed by atoms with Gasteiger partial charge in [-0.2, -0.15) is 0 Å². The highest BCUT2D eigenvalue weighted by Crippen LogP contribution is 2.23. The molecule has 2 nitrogen and oxygen atoms in total. The largest absolute Gasteiger partial charge is 0.369 e. The van der Waals surface area contributed by atoms with Gasteiger partial charge in [-0.3, -0.25) is 4.79 Å². The van der Waals surface area contributed by atoms with Gasteiger partial charge in [-0.1, -0.05) is 36.2 Å². The van der Waals surface area contributed by atoms with E-state index >= 15 is 0 Å². The molecule has 1 unspecified atom stereocenters. The Morgan fingerprint density at radius 3 is 2.64 bits per heavy atom. The summed E-state index contributed by atoms with van der Waals surface area (Å²) in [6, 6.07) is 5.22. The van der Waals surface area contributed by atoms with E-state index in [1.807, 2.05) is 6.07 Å². The van der Waals surface area contributed by atoms with E-state index in [4.69, 9.17) is 28.9 Å². The van der Waals surface area contributed by atoms with Crippen LogP contribution < -0.4 is 5.73 Å². The first-order valence-corrected chi connectivity index (χ1v) is 4.99. The van der Waals surface area contributed by atoms with E-state index in [2.05, 4.69) is 0 Å². The fourth-order valence-electron chi connectivity index (χ4n) is 1.12. The van der Waals surface area contributed by atoms with Gasteiger partial charge in [0.2, 0.25) is 5.91 Å². The highest BCUT2D eigenvalue weighted by Gasteiger charge is 2.11. The zero-order valence-corrected chi connectivity index (χ0v) is 9.27. The maximum atomic E-state index is 10.8. The summed E-state index contributed by atoms with van der Waals surface area (Å²) in [5.41, 5.74) is 6.05. The Morgan fingerprint density at radius 2 is 2.14 bits per heavy atom. The van der Waals surface area contributed by atoms with Crippen LogP contribution in [-0.2, 0) is 11.2 Å². The zero-order valence-electron chi connectivity index (χ0n) is 7.76. The number of carbonyl (C=O) groups is 1. The van der Waals surface area contributed by atoms with Crippen molar-refractivity contribution in [3.05, 3.63) is 33.8 Å². The van der Waals surface area contributed by atoms with Crippen LogP contribution in [0.5, 0.6) is 0 Å². The Labute approximate surface area is 93.0 Å². The molecule has 0 bridgehead atoms. The summed E-state index contributed by atoms with van der Waals surface area (Å²) in [4.78, 5) is 10.8. The Kier molecular flexibility index (Phi) is 3.78. The molecule has 0 spiro atoms. The minimum Gasteiger partial charge on any atom is -0.369 e. The first-order valence-electron chi connectivity index (χ1n) is 4.24. The van der Waals surface area contributed by atoms with Gasteiger partial charge in [0.15, 0.2) is 0 Å². The number of benzene rings is 1. The Hall–Kier alpha value is -0.730. The first-order chi connectivity index (χ1) is 6.50. The smallest absolute Gasteiger partial charge is 0.220 e. The van der Waals surface area contributed by atoms with Crippen molar-refractivity contribution >= 4 is 29.1 Å². The summed E-state index contributed by atoms with van der Waals surface area (Å²) in [5.74, 6) is -0.537. The molecule has 0 aromatic heterocycles. The number of hydrogen-bond acceptors (Lipinski definition) is 1. The molecule has 0 aliphatic rings. The Balaban J connectivity index is 2.82. The van der Waals surface area contributed by atoms with E-state index < -0.39 is 0 Å². The van der Waals surface area contributed by atoms with Crippen molar-refractivity contribution in [3.63, 3.8) is 0 Å². The normalized spacial score (nSPS) is 12.5. The van der Waals surface area contributed by atoms with Gasteiger partial charge in [0.05, 0.1) is 0 Å². The molecule has 0 fully saturated rings. The minimum absolute atomic E-state index is 0.214. The van der Waals surface area contributed by atoms with E-state index in [1.165, 1.54) is 0 Å². The predicted molar refractivity (Wildman–Crippen MR) is 58.5 cm³/mol. The van der Waals surface area contributed by atoms with E-state index in [0.717, 1.165) is 5.56 Å². The van der Waals surface area contributed by atoms with E-state index in [1.54, 1.807) is 19.1 Å². The second-order valence-electron chi connectivity index (χ2n) is 3.24. The van der Waals surface area contributed by atoms with Crippen LogP contribution in [0, 0.1) is 5.92 Å². The Bertz CT molecular complexity index is 352. The van der Waals surface area contributed by atoms with Crippen LogP contribution in [0.1, 0.15) is 12.5 Å². The molecule has 4 heteroatoms. The van der Waals surface area contributed by atoms with E-state index in [0.29, 0.717) is 16.5 Å². The molecule has 0 saturated heterocycles. The standard InChI is InChI=1S/C10H11Cl2NO/c1-6(10(13)14)4-7-2-3-8(11)5-9(7)12/h2-3,5-6H,4H2,1H3,(H2,13,14). The average molecular weight is 232 g/mol. The predicted octanol–water partition coefficient (Wildman–Crippen LogP) is 2.66. The van der Waals surface area contributed by atoms with Gasteiger partial charge in [-0.15, -0.1) is 0 Å². The third-order valence-electron chi connectivity index (χ3n) is 2.03. The molecule has 76 valence electrons. The molecular weight excluding hydrogens is 221 g/mol. The molecule has 0 radical (unpaired) electrons. The third kappa shape index (κ3) is 2.89. The number of rotatable bonds is 3. The van der Waals surface area contributed by atoms with Crippen molar-refractivity contribution in [1.82, 2.24) is 0 Å². The maximum Gasteiger partial charge on any atom is 0.220 e. The second kappa shape index (κ2) is 4.67.